The number of aryl methyl sites for hydroxylation is 1. The van der Waals surface area contributed by atoms with Gasteiger partial charge in [0, 0.05) is 16.3 Å². The fourth-order valence-corrected chi connectivity index (χ4v) is 5.18. The number of carbonyl (C=O) groups is 2. The van der Waals surface area contributed by atoms with Crippen LogP contribution in [-0.2, 0) is 15.0 Å². The molecule has 0 aliphatic carbocycles. The molecule has 4 aromatic rings. The number of ketones is 1. The van der Waals surface area contributed by atoms with E-state index in [4.69, 9.17) is 11.6 Å². The molecule has 4 nitrogen and oxygen atoms in total. The second kappa shape index (κ2) is 9.20. The van der Waals surface area contributed by atoms with Crippen molar-refractivity contribution in [1.29, 1.82) is 0 Å². The number of fused-ring (bicyclic) bond motifs is 1. The van der Waals surface area contributed by atoms with Crippen LogP contribution in [0.4, 0.5) is 5.69 Å². The number of nitrogens with zero attached hydrogens (tertiary/aromatic N) is 1. The molecule has 1 unspecified atom stereocenters. The fourth-order valence-electron chi connectivity index (χ4n) is 5.00. The first-order valence-corrected chi connectivity index (χ1v) is 12.6. The van der Waals surface area contributed by atoms with Gasteiger partial charge >= 0.3 is 0 Å². The van der Waals surface area contributed by atoms with Gasteiger partial charge in [-0.2, -0.15) is 0 Å². The van der Waals surface area contributed by atoms with E-state index in [-0.39, 0.29) is 16.7 Å². The summed E-state index contributed by atoms with van der Waals surface area (Å²) in [6.45, 7) is 8.17. The molecule has 1 fully saturated rings. The van der Waals surface area contributed by atoms with Crippen molar-refractivity contribution >= 4 is 45.5 Å². The lowest BCUT2D eigenvalue weighted by Crippen LogP contribution is -2.29. The molecular formula is C32H28ClNO3. The first-order chi connectivity index (χ1) is 17.6. The quantitative estimate of drug-likeness (QED) is 0.175. The molecule has 1 aliphatic heterocycles. The lowest BCUT2D eigenvalue weighted by molar-refractivity contribution is -0.132. The summed E-state index contributed by atoms with van der Waals surface area (Å²) in [7, 11) is 0. The number of aliphatic hydroxyl groups is 1. The first-order valence-electron chi connectivity index (χ1n) is 12.2. The number of Topliss-reactive ketones (excluding diaryl/α,β-unsaturated/α-hetero) is 1. The molecule has 4 aromatic carbocycles. The zero-order valence-corrected chi connectivity index (χ0v) is 22.0. The highest BCUT2D eigenvalue weighted by atomic mass is 35.5. The van der Waals surface area contributed by atoms with Crippen LogP contribution in [0.3, 0.4) is 0 Å². The molecule has 37 heavy (non-hydrogen) atoms. The average molecular weight is 510 g/mol. The molecule has 0 aromatic heterocycles. The van der Waals surface area contributed by atoms with E-state index in [2.05, 4.69) is 20.8 Å². The second-order valence-corrected chi connectivity index (χ2v) is 10.9. The standard InChI is InChI=1S/C32H28ClNO3/c1-19-15-16-21(32(2,3)4)17-26(19)29(35)27-28(25-14-7-10-20-9-5-6-13-24(20)25)34(31(37)30(27)36)23-12-8-11-22(33)18-23/h5-18,28,35H,1-4H3/b29-27+. The van der Waals surface area contributed by atoms with Crippen molar-refractivity contribution in [3.8, 4) is 0 Å². The third-order valence-corrected chi connectivity index (χ3v) is 7.24. The lowest BCUT2D eigenvalue weighted by Gasteiger charge is -2.27. The molecule has 1 amide bonds. The van der Waals surface area contributed by atoms with Crippen LogP contribution in [0.25, 0.3) is 16.5 Å². The van der Waals surface area contributed by atoms with E-state index < -0.39 is 17.7 Å². The Morgan fingerprint density at radius 1 is 0.892 bits per heavy atom. The molecule has 1 atom stereocenters. The number of anilines is 1. The van der Waals surface area contributed by atoms with Crippen LogP contribution in [0.2, 0.25) is 5.02 Å². The molecule has 0 bridgehead atoms. The highest BCUT2D eigenvalue weighted by Crippen LogP contribution is 2.45. The van der Waals surface area contributed by atoms with E-state index >= 15 is 0 Å². The third-order valence-electron chi connectivity index (χ3n) is 7.01. The Kier molecular flexibility index (Phi) is 6.17. The number of rotatable bonds is 3. The molecule has 0 saturated carbocycles. The number of aliphatic hydroxyl groups excluding tert-OH is 1. The van der Waals surface area contributed by atoms with Crippen molar-refractivity contribution in [3.05, 3.63) is 118 Å². The molecule has 0 radical (unpaired) electrons. The van der Waals surface area contributed by atoms with Gasteiger partial charge in [-0.25, -0.2) is 0 Å². The van der Waals surface area contributed by atoms with Crippen LogP contribution in [0, 0.1) is 6.92 Å². The molecule has 5 heteroatoms. The molecule has 1 N–H and O–H groups in total. The lowest BCUT2D eigenvalue weighted by atomic mass is 9.84. The van der Waals surface area contributed by atoms with E-state index in [1.165, 1.54) is 4.90 Å². The zero-order chi connectivity index (χ0) is 26.5. The van der Waals surface area contributed by atoms with Gasteiger partial charge in [-0.05, 0) is 64.1 Å². The first kappa shape index (κ1) is 24.8. The van der Waals surface area contributed by atoms with Gasteiger partial charge in [0.15, 0.2) is 0 Å². The summed E-state index contributed by atoms with van der Waals surface area (Å²) < 4.78 is 0. The Labute approximate surface area is 221 Å². The van der Waals surface area contributed by atoms with Crippen LogP contribution < -0.4 is 4.90 Å². The topological polar surface area (TPSA) is 57.6 Å². The molecular weight excluding hydrogens is 482 g/mol. The highest BCUT2D eigenvalue weighted by molar-refractivity contribution is 6.52. The van der Waals surface area contributed by atoms with Gasteiger partial charge in [-0.15, -0.1) is 0 Å². The number of hydrogen-bond donors (Lipinski definition) is 1. The van der Waals surface area contributed by atoms with Crippen molar-refractivity contribution in [2.45, 2.75) is 39.2 Å². The summed E-state index contributed by atoms with van der Waals surface area (Å²) in [5.74, 6) is -1.60. The van der Waals surface area contributed by atoms with Crippen LogP contribution in [0.1, 0.15) is 49.1 Å². The van der Waals surface area contributed by atoms with Gasteiger partial charge in [-0.1, -0.05) is 93.0 Å². The molecule has 186 valence electrons. The van der Waals surface area contributed by atoms with Gasteiger partial charge < -0.3 is 5.11 Å². The van der Waals surface area contributed by atoms with Gasteiger partial charge in [0.2, 0.25) is 0 Å². The molecule has 1 aliphatic rings. The minimum absolute atomic E-state index is 0.0653. The Balaban J connectivity index is 1.83. The maximum atomic E-state index is 13.7. The Morgan fingerprint density at radius 2 is 1.59 bits per heavy atom. The molecule has 1 saturated heterocycles. The minimum atomic E-state index is -0.831. The minimum Gasteiger partial charge on any atom is -0.507 e. The number of carbonyl (C=O) groups excluding carboxylic acids is 2. The van der Waals surface area contributed by atoms with E-state index in [9.17, 15) is 14.7 Å². The van der Waals surface area contributed by atoms with E-state index in [1.54, 1.807) is 24.3 Å². The largest absolute Gasteiger partial charge is 0.507 e. The number of halogens is 1. The fraction of sp³-hybridized carbons (Fsp3) is 0.188. The Morgan fingerprint density at radius 3 is 2.32 bits per heavy atom. The molecule has 5 rings (SSSR count). The van der Waals surface area contributed by atoms with Crippen molar-refractivity contribution in [1.82, 2.24) is 0 Å². The summed E-state index contributed by atoms with van der Waals surface area (Å²) in [6.07, 6.45) is 0. The highest BCUT2D eigenvalue weighted by Gasteiger charge is 2.47. The SMILES string of the molecule is Cc1ccc(C(C)(C)C)cc1/C(O)=C1\C(=O)C(=O)N(c2cccc(Cl)c2)C1c1cccc2ccccc12. The molecule has 1 heterocycles. The number of benzene rings is 4. The third kappa shape index (κ3) is 4.32. The van der Waals surface area contributed by atoms with E-state index in [0.29, 0.717) is 16.3 Å². The smallest absolute Gasteiger partial charge is 0.300 e. The Hall–Kier alpha value is -3.89. The Bertz CT molecular complexity index is 1590. The number of hydrogen-bond acceptors (Lipinski definition) is 3. The summed E-state index contributed by atoms with van der Waals surface area (Å²) in [4.78, 5) is 28.7. The monoisotopic (exact) mass is 509 g/mol. The maximum Gasteiger partial charge on any atom is 0.300 e. The van der Waals surface area contributed by atoms with Crippen LogP contribution in [0.15, 0.2) is 90.5 Å². The van der Waals surface area contributed by atoms with Gasteiger partial charge in [0.25, 0.3) is 11.7 Å². The second-order valence-electron chi connectivity index (χ2n) is 10.5. The normalized spacial score (nSPS) is 17.5. The van der Waals surface area contributed by atoms with Crippen molar-refractivity contribution < 1.29 is 14.7 Å². The maximum absolute atomic E-state index is 13.7. The summed E-state index contributed by atoms with van der Waals surface area (Å²) in [6, 6.07) is 25.5. The van der Waals surface area contributed by atoms with E-state index in [1.807, 2.05) is 67.6 Å². The van der Waals surface area contributed by atoms with Crippen molar-refractivity contribution in [2.75, 3.05) is 4.90 Å². The summed E-state index contributed by atoms with van der Waals surface area (Å²) in [5, 5.41) is 14.1. The van der Waals surface area contributed by atoms with Crippen LogP contribution >= 0.6 is 11.6 Å². The predicted molar refractivity (Wildman–Crippen MR) is 150 cm³/mol. The van der Waals surface area contributed by atoms with Gasteiger partial charge in [-0.3, -0.25) is 14.5 Å². The average Bonchev–Trinajstić information content (AvgIpc) is 3.13. The predicted octanol–water partition coefficient (Wildman–Crippen LogP) is 7.73. The van der Waals surface area contributed by atoms with Crippen LogP contribution in [0.5, 0.6) is 0 Å². The van der Waals surface area contributed by atoms with Crippen molar-refractivity contribution in [3.63, 3.8) is 0 Å². The number of amides is 1. The van der Waals surface area contributed by atoms with Gasteiger partial charge in [0.05, 0.1) is 11.6 Å². The summed E-state index contributed by atoms with van der Waals surface area (Å²) >= 11 is 6.29. The van der Waals surface area contributed by atoms with E-state index in [0.717, 1.165) is 27.5 Å². The molecule has 0 spiro atoms. The zero-order valence-electron chi connectivity index (χ0n) is 21.2. The van der Waals surface area contributed by atoms with Crippen molar-refractivity contribution in [2.24, 2.45) is 0 Å². The summed E-state index contributed by atoms with van der Waals surface area (Å²) in [5.41, 5.74) is 3.53. The van der Waals surface area contributed by atoms with Gasteiger partial charge in [0.1, 0.15) is 5.76 Å². The van der Waals surface area contributed by atoms with Crippen LogP contribution in [-0.4, -0.2) is 16.8 Å².